The number of hydrogen-bond acceptors (Lipinski definition) is 5. The van der Waals surface area contributed by atoms with E-state index in [0.29, 0.717) is 25.3 Å². The lowest BCUT2D eigenvalue weighted by atomic mass is 10.00. The Kier molecular flexibility index (Phi) is 8.64. The van der Waals surface area contributed by atoms with Crippen molar-refractivity contribution in [2.75, 3.05) is 31.1 Å². The number of benzene rings is 1. The van der Waals surface area contributed by atoms with Crippen molar-refractivity contribution in [3.63, 3.8) is 0 Å². The lowest BCUT2D eigenvalue weighted by Gasteiger charge is -2.33. The molecule has 0 spiro atoms. The van der Waals surface area contributed by atoms with Gasteiger partial charge in [0, 0.05) is 0 Å². The van der Waals surface area contributed by atoms with E-state index >= 15 is 0 Å². The molecule has 1 aromatic carbocycles. The molecule has 2 amide bonds. The average molecular weight is 381 g/mol. The fourth-order valence-electron chi connectivity index (χ4n) is 2.83. The molecular formula is C18H27N3O4S. The number of ether oxygens (including phenoxy) is 1. The van der Waals surface area contributed by atoms with Crippen molar-refractivity contribution in [2.45, 2.75) is 27.2 Å². The number of carbonyl (C=O) groups excluding carboxylic acids is 2. The molecule has 0 saturated carbocycles. The number of amides is 2. The smallest absolute Gasteiger partial charge is 0.245 e. The van der Waals surface area contributed by atoms with E-state index in [0.717, 1.165) is 18.8 Å². The second-order valence-corrected chi connectivity index (χ2v) is 6.15. The zero-order valence-corrected chi connectivity index (χ0v) is 16.3. The number of anilines is 1. The maximum absolute atomic E-state index is 12.9. The van der Waals surface area contributed by atoms with E-state index in [-0.39, 0.29) is 22.4 Å². The highest BCUT2D eigenvalue weighted by Gasteiger charge is 2.39. The Hall–Kier alpha value is -2.03. The fraction of sp³-hybridized carbons (Fsp3) is 0.500. The highest BCUT2D eigenvalue weighted by atomic mass is 32.1. The molecule has 2 rings (SSSR count). The first kappa shape index (κ1) is 22.0. The van der Waals surface area contributed by atoms with Crippen LogP contribution in [0.5, 0.6) is 5.75 Å². The molecule has 0 bridgehead atoms. The van der Waals surface area contributed by atoms with Gasteiger partial charge in [-0.25, -0.2) is 0 Å². The number of carbonyl (C=O) groups is 2. The second-order valence-electron chi connectivity index (χ2n) is 5.76. The van der Waals surface area contributed by atoms with Gasteiger partial charge in [0.15, 0.2) is 5.11 Å². The molecule has 144 valence electrons. The first-order chi connectivity index (χ1) is 12.0. The van der Waals surface area contributed by atoms with E-state index in [1.54, 1.807) is 24.3 Å². The fourth-order valence-corrected chi connectivity index (χ4v) is 3.12. The Morgan fingerprint density at radius 1 is 1.15 bits per heavy atom. The van der Waals surface area contributed by atoms with E-state index in [4.69, 9.17) is 17.0 Å². The van der Waals surface area contributed by atoms with Gasteiger partial charge < -0.3 is 20.4 Å². The zero-order chi connectivity index (χ0) is 18.4. The van der Waals surface area contributed by atoms with Crippen molar-refractivity contribution in [1.29, 1.82) is 0 Å². The van der Waals surface area contributed by atoms with Crippen LogP contribution in [0.3, 0.4) is 0 Å². The summed E-state index contributed by atoms with van der Waals surface area (Å²) in [6.45, 7) is 9.08. The predicted octanol–water partition coefficient (Wildman–Crippen LogP) is 1.36. The molecule has 8 heteroatoms. The molecule has 1 aliphatic rings. The molecule has 0 aliphatic carbocycles. The van der Waals surface area contributed by atoms with Crippen LogP contribution in [0, 0.1) is 5.92 Å². The number of thiocarbonyl (C=S) groups is 1. The summed E-state index contributed by atoms with van der Waals surface area (Å²) in [7, 11) is 0. The van der Waals surface area contributed by atoms with Gasteiger partial charge in [0.1, 0.15) is 11.7 Å². The van der Waals surface area contributed by atoms with Crippen LogP contribution in [0.1, 0.15) is 27.2 Å². The number of hydrogen-bond donors (Lipinski definition) is 1. The largest absolute Gasteiger partial charge is 0.494 e. The van der Waals surface area contributed by atoms with Crippen molar-refractivity contribution >= 4 is 34.8 Å². The van der Waals surface area contributed by atoms with E-state index in [9.17, 15) is 9.59 Å². The topological polar surface area (TPSA) is 93.4 Å². The van der Waals surface area contributed by atoms with Crippen molar-refractivity contribution < 1.29 is 19.8 Å². The average Bonchev–Trinajstić information content (AvgIpc) is 2.59. The molecular weight excluding hydrogens is 354 g/mol. The van der Waals surface area contributed by atoms with Gasteiger partial charge in [-0.1, -0.05) is 13.8 Å². The van der Waals surface area contributed by atoms with E-state index in [1.807, 2.05) is 6.92 Å². The summed E-state index contributed by atoms with van der Waals surface area (Å²) in [5.41, 5.74) is 0.631. The van der Waals surface area contributed by atoms with Gasteiger partial charge in [-0.15, -0.1) is 0 Å². The Morgan fingerprint density at radius 3 is 2.31 bits per heavy atom. The van der Waals surface area contributed by atoms with Crippen molar-refractivity contribution in [3.8, 4) is 5.75 Å². The molecule has 3 N–H and O–H groups in total. The summed E-state index contributed by atoms with van der Waals surface area (Å²) in [6.07, 6.45) is 0.475. The predicted molar refractivity (Wildman–Crippen MR) is 105 cm³/mol. The third-order valence-corrected chi connectivity index (χ3v) is 4.59. The number of nitrogens with one attached hydrogen (secondary N) is 1. The van der Waals surface area contributed by atoms with Gasteiger partial charge >= 0.3 is 0 Å². The Balaban J connectivity index is 0.00000338. The lowest BCUT2D eigenvalue weighted by Crippen LogP contribution is -2.58. The minimum absolute atomic E-state index is 0. The molecule has 1 fully saturated rings. The van der Waals surface area contributed by atoms with Crippen LogP contribution in [0.25, 0.3) is 0 Å². The number of nitrogens with zero attached hydrogens (tertiary/aromatic N) is 2. The molecule has 1 unspecified atom stereocenters. The van der Waals surface area contributed by atoms with Crippen LogP contribution in [-0.2, 0) is 9.59 Å². The highest BCUT2D eigenvalue weighted by Crippen LogP contribution is 2.25. The zero-order valence-electron chi connectivity index (χ0n) is 15.4. The standard InChI is InChI=1S/C18H25N3O3S.H2O/c1-4-20(5-2)12-11-15-16(22)19-18(25)21(17(15)23)13-7-9-14(10-8-13)24-6-3;/h7-10,15H,4-6,11-12H2,1-3H3,(H,19,22,25);1H2. The van der Waals surface area contributed by atoms with Gasteiger partial charge in [0.05, 0.1) is 12.3 Å². The Morgan fingerprint density at radius 2 is 1.77 bits per heavy atom. The summed E-state index contributed by atoms with van der Waals surface area (Å²) in [4.78, 5) is 28.7. The van der Waals surface area contributed by atoms with Crippen LogP contribution in [0.15, 0.2) is 24.3 Å². The molecule has 1 aromatic rings. The third-order valence-electron chi connectivity index (χ3n) is 4.30. The molecule has 1 aliphatic heterocycles. The summed E-state index contributed by atoms with van der Waals surface area (Å²) in [5.74, 6) is -0.586. The third kappa shape index (κ3) is 5.00. The quantitative estimate of drug-likeness (QED) is 0.542. The Bertz CT molecular complexity index is 632. The van der Waals surface area contributed by atoms with Gasteiger partial charge in [0.25, 0.3) is 0 Å². The Labute approximate surface area is 159 Å². The molecule has 1 heterocycles. The minimum Gasteiger partial charge on any atom is -0.494 e. The monoisotopic (exact) mass is 381 g/mol. The lowest BCUT2D eigenvalue weighted by molar-refractivity contribution is -0.134. The van der Waals surface area contributed by atoms with Gasteiger partial charge in [-0.05, 0) is 69.5 Å². The van der Waals surface area contributed by atoms with Crippen LogP contribution in [0.2, 0.25) is 0 Å². The van der Waals surface area contributed by atoms with Crippen LogP contribution >= 0.6 is 12.2 Å². The van der Waals surface area contributed by atoms with E-state index in [1.165, 1.54) is 4.90 Å². The molecule has 1 atom stereocenters. The summed E-state index contributed by atoms with van der Waals surface area (Å²) in [6, 6.07) is 7.12. The molecule has 0 aromatic heterocycles. The van der Waals surface area contributed by atoms with Gasteiger partial charge in [-0.3, -0.25) is 14.5 Å². The maximum atomic E-state index is 12.9. The van der Waals surface area contributed by atoms with Gasteiger partial charge in [0.2, 0.25) is 11.8 Å². The summed E-state index contributed by atoms with van der Waals surface area (Å²) in [5, 5.41) is 2.78. The van der Waals surface area contributed by atoms with Gasteiger partial charge in [-0.2, -0.15) is 0 Å². The summed E-state index contributed by atoms with van der Waals surface area (Å²) >= 11 is 5.21. The molecule has 7 nitrogen and oxygen atoms in total. The van der Waals surface area contributed by atoms with Crippen LogP contribution < -0.4 is 15.0 Å². The van der Waals surface area contributed by atoms with Crippen LogP contribution in [0.4, 0.5) is 5.69 Å². The molecule has 26 heavy (non-hydrogen) atoms. The van der Waals surface area contributed by atoms with Crippen molar-refractivity contribution in [1.82, 2.24) is 10.2 Å². The number of rotatable bonds is 8. The van der Waals surface area contributed by atoms with E-state index in [2.05, 4.69) is 24.1 Å². The normalized spacial score (nSPS) is 17.2. The van der Waals surface area contributed by atoms with E-state index < -0.39 is 5.92 Å². The maximum Gasteiger partial charge on any atom is 0.245 e. The van der Waals surface area contributed by atoms with Crippen LogP contribution in [-0.4, -0.2) is 53.5 Å². The molecule has 0 radical (unpaired) electrons. The minimum atomic E-state index is -0.723. The first-order valence-corrected chi connectivity index (χ1v) is 9.06. The summed E-state index contributed by atoms with van der Waals surface area (Å²) < 4.78 is 5.42. The van der Waals surface area contributed by atoms with Crippen molar-refractivity contribution in [3.05, 3.63) is 24.3 Å². The van der Waals surface area contributed by atoms with Crippen molar-refractivity contribution in [2.24, 2.45) is 5.92 Å². The first-order valence-electron chi connectivity index (χ1n) is 8.65. The molecule has 1 saturated heterocycles. The highest BCUT2D eigenvalue weighted by molar-refractivity contribution is 7.80. The SMILES string of the molecule is CCOc1ccc(N2C(=O)C(CCN(CC)CC)C(=O)NC2=S)cc1.O. The second kappa shape index (κ2) is 10.2.